The van der Waals surface area contributed by atoms with Gasteiger partial charge in [-0.05, 0) is 0 Å². The number of aryl methyl sites for hydroxylation is 1. The molecule has 0 aliphatic heterocycles. The van der Waals surface area contributed by atoms with E-state index in [1.165, 1.54) is 5.82 Å². The van der Waals surface area contributed by atoms with E-state index in [1.54, 1.807) is 24.3 Å². The molecule has 0 saturated heterocycles. The standard InChI is InChI=1S/C10H13O4Se/c1-15(13,14)9-5-2-8(3-6-9)4-7-10(11)12/h2-3,5-6H,4,7H2,1H3,(H,11,12)(H,13,14). The predicted octanol–water partition coefficient (Wildman–Crippen LogP) is 0.406. The molecule has 0 aliphatic rings. The topological polar surface area (TPSA) is 74.6 Å². The summed E-state index contributed by atoms with van der Waals surface area (Å²) < 4.78 is 21.0. The van der Waals surface area contributed by atoms with Crippen molar-refractivity contribution in [2.75, 3.05) is 0 Å². The van der Waals surface area contributed by atoms with Crippen molar-refractivity contribution in [2.45, 2.75) is 18.7 Å². The molecule has 0 bridgehead atoms. The Kier molecular flexibility index (Phi) is 3.74. The molecule has 15 heavy (non-hydrogen) atoms. The first-order valence-corrected chi connectivity index (χ1v) is 8.45. The van der Waals surface area contributed by atoms with E-state index in [0.29, 0.717) is 10.9 Å². The van der Waals surface area contributed by atoms with Gasteiger partial charge < -0.3 is 0 Å². The summed E-state index contributed by atoms with van der Waals surface area (Å²) in [5.41, 5.74) is 0.863. The molecule has 1 aromatic carbocycles. The van der Waals surface area contributed by atoms with Gasteiger partial charge in [0, 0.05) is 0 Å². The summed E-state index contributed by atoms with van der Waals surface area (Å²) in [5, 5.41) is 8.48. The minimum absolute atomic E-state index is 0.0754. The SMILES string of the molecule is C[Se](=O)(O)c1ccc(CCC(=O)O)cc1. The van der Waals surface area contributed by atoms with Crippen molar-refractivity contribution >= 4 is 23.5 Å². The number of hydrogen-bond acceptors (Lipinski definition) is 2. The Morgan fingerprint density at radius 3 is 2.27 bits per heavy atom. The Labute approximate surface area is 90.3 Å². The number of aliphatic carboxylic acids is 1. The summed E-state index contributed by atoms with van der Waals surface area (Å²) in [6.45, 7) is 0. The van der Waals surface area contributed by atoms with Gasteiger partial charge in [0.25, 0.3) is 0 Å². The molecule has 1 aromatic rings. The Bertz CT molecular complexity index is 390. The molecule has 1 unspecified atom stereocenters. The molecule has 1 atom stereocenters. The fraction of sp³-hybridized carbons (Fsp3) is 0.300. The molecule has 0 amide bonds. The fourth-order valence-electron chi connectivity index (χ4n) is 1.16. The summed E-state index contributed by atoms with van der Waals surface area (Å²) in [4.78, 5) is 10.3. The third-order valence-corrected chi connectivity index (χ3v) is 4.39. The predicted molar refractivity (Wildman–Crippen MR) is 56.6 cm³/mol. The van der Waals surface area contributed by atoms with E-state index < -0.39 is 19.1 Å². The van der Waals surface area contributed by atoms with Crippen LogP contribution in [0.5, 0.6) is 0 Å². The summed E-state index contributed by atoms with van der Waals surface area (Å²) in [7, 11) is 0. The van der Waals surface area contributed by atoms with Crippen LogP contribution < -0.4 is 4.46 Å². The second-order valence-electron chi connectivity index (χ2n) is 3.34. The number of benzene rings is 1. The zero-order valence-electron chi connectivity index (χ0n) is 8.34. The third kappa shape index (κ3) is 3.91. The van der Waals surface area contributed by atoms with E-state index in [-0.39, 0.29) is 6.42 Å². The van der Waals surface area contributed by atoms with Crippen LogP contribution in [0.2, 0.25) is 5.82 Å². The van der Waals surface area contributed by atoms with Gasteiger partial charge in [-0.15, -0.1) is 0 Å². The van der Waals surface area contributed by atoms with E-state index >= 15 is 0 Å². The van der Waals surface area contributed by atoms with Crippen LogP contribution in [0.1, 0.15) is 12.0 Å². The van der Waals surface area contributed by atoms with Gasteiger partial charge in [0.1, 0.15) is 0 Å². The second-order valence-corrected chi connectivity index (χ2v) is 7.70. The normalized spacial score (nSPS) is 14.5. The number of carboxylic acids is 1. The van der Waals surface area contributed by atoms with Crippen LogP contribution in [0.3, 0.4) is 0 Å². The van der Waals surface area contributed by atoms with Crippen molar-refractivity contribution in [3.8, 4) is 0 Å². The first-order valence-electron chi connectivity index (χ1n) is 4.42. The zero-order chi connectivity index (χ0) is 11.5. The van der Waals surface area contributed by atoms with E-state index in [1.807, 2.05) is 0 Å². The minimum atomic E-state index is -3.64. The monoisotopic (exact) mass is 277 g/mol. The van der Waals surface area contributed by atoms with Crippen LogP contribution in [0, 0.1) is 0 Å². The Hall–Kier alpha value is -1.03. The average molecular weight is 276 g/mol. The molecule has 0 aromatic heterocycles. The van der Waals surface area contributed by atoms with Crippen LogP contribution in [-0.4, -0.2) is 28.4 Å². The zero-order valence-corrected chi connectivity index (χ0v) is 10.1. The van der Waals surface area contributed by atoms with Crippen LogP contribution in [0.4, 0.5) is 0 Å². The first-order chi connectivity index (χ1) is 6.89. The van der Waals surface area contributed by atoms with E-state index in [2.05, 4.69) is 0 Å². The van der Waals surface area contributed by atoms with Gasteiger partial charge in [0.2, 0.25) is 0 Å². The van der Waals surface area contributed by atoms with Crippen LogP contribution >= 0.6 is 0 Å². The van der Waals surface area contributed by atoms with Gasteiger partial charge >= 0.3 is 90.0 Å². The fourth-order valence-corrected chi connectivity index (χ4v) is 2.50. The van der Waals surface area contributed by atoms with E-state index in [9.17, 15) is 12.8 Å². The van der Waals surface area contributed by atoms with Crippen LogP contribution in [0.25, 0.3) is 0 Å². The molecule has 0 heterocycles. The quantitative estimate of drug-likeness (QED) is 0.781. The molecule has 0 spiro atoms. The molecule has 4 nitrogen and oxygen atoms in total. The van der Waals surface area contributed by atoms with Gasteiger partial charge in [0.05, 0.1) is 0 Å². The molecule has 2 N–H and O–H groups in total. The number of carboxylic acid groups (broad SMARTS) is 1. The third-order valence-electron chi connectivity index (χ3n) is 1.99. The Balaban J connectivity index is 2.73. The van der Waals surface area contributed by atoms with Gasteiger partial charge in [0.15, 0.2) is 0 Å². The molecular weight excluding hydrogens is 263 g/mol. The first kappa shape index (κ1) is 12.0. The van der Waals surface area contributed by atoms with Gasteiger partial charge in [-0.3, -0.25) is 0 Å². The van der Waals surface area contributed by atoms with Crippen LogP contribution in [-0.2, 0) is 15.1 Å². The Morgan fingerprint density at radius 2 is 1.87 bits per heavy atom. The van der Waals surface area contributed by atoms with Gasteiger partial charge in [-0.2, -0.15) is 0 Å². The molecule has 0 aliphatic carbocycles. The van der Waals surface area contributed by atoms with Crippen molar-refractivity contribution in [1.82, 2.24) is 0 Å². The molecule has 0 fully saturated rings. The van der Waals surface area contributed by atoms with Gasteiger partial charge in [-0.1, -0.05) is 0 Å². The van der Waals surface area contributed by atoms with Crippen LogP contribution in [0.15, 0.2) is 24.3 Å². The Morgan fingerprint density at radius 1 is 1.33 bits per heavy atom. The van der Waals surface area contributed by atoms with Crippen molar-refractivity contribution in [1.29, 1.82) is 0 Å². The van der Waals surface area contributed by atoms with E-state index in [0.717, 1.165) is 5.56 Å². The summed E-state index contributed by atoms with van der Waals surface area (Å²) in [5.74, 6) is 0.480. The molecule has 5 heteroatoms. The van der Waals surface area contributed by atoms with Crippen molar-refractivity contribution < 1.29 is 17.9 Å². The molecule has 0 saturated carbocycles. The second kappa shape index (κ2) is 4.66. The molecular formula is C10H13O4Se. The number of hydrogen-bond donors (Lipinski definition) is 2. The molecule has 83 valence electrons. The summed E-state index contributed by atoms with van der Waals surface area (Å²) in [6, 6.07) is 6.57. The van der Waals surface area contributed by atoms with Crippen molar-refractivity contribution in [2.24, 2.45) is 0 Å². The van der Waals surface area contributed by atoms with Crippen molar-refractivity contribution in [3.63, 3.8) is 0 Å². The number of carbonyl (C=O) groups is 1. The molecule has 1 radical (unpaired) electrons. The average Bonchev–Trinajstić information content (AvgIpc) is 2.14. The summed E-state index contributed by atoms with van der Waals surface area (Å²) in [6.07, 6.45) is 0.520. The van der Waals surface area contributed by atoms with E-state index in [4.69, 9.17) is 5.11 Å². The van der Waals surface area contributed by atoms with Gasteiger partial charge in [-0.25, -0.2) is 0 Å². The summed E-state index contributed by atoms with van der Waals surface area (Å²) >= 11 is -3.64. The van der Waals surface area contributed by atoms with Crippen molar-refractivity contribution in [3.05, 3.63) is 29.8 Å². The maximum atomic E-state index is 11.3. The number of rotatable bonds is 4. The maximum absolute atomic E-state index is 11.3. The molecule has 1 rings (SSSR count).